The van der Waals surface area contributed by atoms with E-state index < -0.39 is 0 Å². The summed E-state index contributed by atoms with van der Waals surface area (Å²) in [7, 11) is 1.67. The number of hydrogen-bond acceptors (Lipinski definition) is 3. The van der Waals surface area contributed by atoms with Gasteiger partial charge in [0.05, 0.1) is 18.6 Å². The highest BCUT2D eigenvalue weighted by atomic mass is 79.9. The predicted octanol–water partition coefficient (Wildman–Crippen LogP) is 4.95. The number of methoxy groups -OCH3 is 1. The van der Waals surface area contributed by atoms with Crippen LogP contribution < -0.4 is 10.1 Å². The molecule has 122 valence electrons. The van der Waals surface area contributed by atoms with Crippen molar-refractivity contribution in [2.75, 3.05) is 18.2 Å². The van der Waals surface area contributed by atoms with Gasteiger partial charge in [-0.3, -0.25) is 4.79 Å². The first kappa shape index (κ1) is 17.9. The molecule has 2 aromatic carbocycles. The molecule has 0 aromatic heterocycles. The Kier molecular flexibility index (Phi) is 6.54. The van der Waals surface area contributed by atoms with E-state index in [1.165, 1.54) is 5.56 Å². The lowest BCUT2D eigenvalue weighted by Gasteiger charge is -2.10. The van der Waals surface area contributed by atoms with Gasteiger partial charge in [-0.15, -0.1) is 11.8 Å². The lowest BCUT2D eigenvalue weighted by molar-refractivity contribution is -0.113. The Morgan fingerprint density at radius 3 is 2.57 bits per heavy atom. The molecular weight excluding hydrogens is 374 g/mol. The molecule has 0 unspecified atom stereocenters. The molecule has 0 saturated heterocycles. The van der Waals surface area contributed by atoms with Crippen LogP contribution in [0.15, 0.2) is 40.9 Å². The molecule has 23 heavy (non-hydrogen) atoms. The number of hydrogen-bond donors (Lipinski definition) is 1. The number of ether oxygens (including phenoxy) is 1. The van der Waals surface area contributed by atoms with Crippen molar-refractivity contribution in [3.63, 3.8) is 0 Å². The molecule has 5 heteroatoms. The van der Waals surface area contributed by atoms with E-state index >= 15 is 0 Å². The Balaban J connectivity index is 1.89. The standard InChI is InChI=1S/C18H20BrNO2S/c1-12-5-7-17(22-3)14(8-12)10-23-11-18(21)20-16-6-4-13(2)9-15(16)19/h4-9H,10-11H2,1-3H3,(H,20,21). The first-order valence-corrected chi connectivity index (χ1v) is 9.21. The van der Waals surface area contributed by atoms with Crippen molar-refractivity contribution in [2.45, 2.75) is 19.6 Å². The second kappa shape index (κ2) is 8.41. The van der Waals surface area contributed by atoms with E-state index in [0.717, 1.165) is 32.8 Å². The van der Waals surface area contributed by atoms with E-state index in [9.17, 15) is 4.79 Å². The van der Waals surface area contributed by atoms with E-state index in [-0.39, 0.29) is 5.91 Å². The Morgan fingerprint density at radius 2 is 1.87 bits per heavy atom. The van der Waals surface area contributed by atoms with Crippen molar-refractivity contribution in [2.24, 2.45) is 0 Å². The van der Waals surface area contributed by atoms with Crippen LogP contribution in [0.25, 0.3) is 0 Å². The molecule has 2 rings (SSSR count). The van der Waals surface area contributed by atoms with Crippen molar-refractivity contribution in [3.8, 4) is 5.75 Å². The number of carbonyl (C=O) groups is 1. The van der Waals surface area contributed by atoms with Gasteiger partial charge < -0.3 is 10.1 Å². The van der Waals surface area contributed by atoms with Crippen LogP contribution in [0.4, 0.5) is 5.69 Å². The van der Waals surface area contributed by atoms with Gasteiger partial charge in [0.25, 0.3) is 0 Å². The number of anilines is 1. The summed E-state index contributed by atoms with van der Waals surface area (Å²) >= 11 is 5.04. The number of aryl methyl sites for hydroxylation is 2. The molecule has 1 amide bonds. The van der Waals surface area contributed by atoms with Crippen molar-refractivity contribution in [1.29, 1.82) is 0 Å². The SMILES string of the molecule is COc1ccc(C)cc1CSCC(=O)Nc1ccc(C)cc1Br. The maximum atomic E-state index is 12.1. The van der Waals surface area contributed by atoms with Crippen molar-refractivity contribution < 1.29 is 9.53 Å². The van der Waals surface area contributed by atoms with Gasteiger partial charge in [0, 0.05) is 15.8 Å². The molecule has 0 saturated carbocycles. The fourth-order valence-electron chi connectivity index (χ4n) is 2.18. The zero-order chi connectivity index (χ0) is 16.8. The van der Waals surface area contributed by atoms with Crippen molar-refractivity contribution in [3.05, 3.63) is 57.6 Å². The molecule has 0 aliphatic carbocycles. The Labute approximate surface area is 149 Å². The first-order chi connectivity index (χ1) is 11.0. The monoisotopic (exact) mass is 393 g/mol. The average molecular weight is 394 g/mol. The fraction of sp³-hybridized carbons (Fsp3) is 0.278. The molecule has 0 atom stereocenters. The number of thioether (sulfide) groups is 1. The van der Waals surface area contributed by atoms with Crippen molar-refractivity contribution >= 4 is 39.3 Å². The molecular formula is C18H20BrNO2S. The van der Waals surface area contributed by atoms with Gasteiger partial charge >= 0.3 is 0 Å². The van der Waals surface area contributed by atoms with E-state index in [2.05, 4.69) is 34.2 Å². The summed E-state index contributed by atoms with van der Waals surface area (Å²) < 4.78 is 6.26. The highest BCUT2D eigenvalue weighted by Crippen LogP contribution is 2.26. The second-order valence-corrected chi connectivity index (χ2v) is 7.18. The van der Waals surface area contributed by atoms with Crippen LogP contribution >= 0.6 is 27.7 Å². The average Bonchev–Trinajstić information content (AvgIpc) is 2.50. The molecule has 0 spiro atoms. The van der Waals surface area contributed by atoms with Crippen LogP contribution in [0.3, 0.4) is 0 Å². The molecule has 3 nitrogen and oxygen atoms in total. The molecule has 0 aliphatic rings. The number of halogens is 1. The molecule has 2 aromatic rings. The largest absolute Gasteiger partial charge is 0.496 e. The molecule has 1 N–H and O–H groups in total. The molecule has 0 radical (unpaired) electrons. The molecule has 0 bridgehead atoms. The first-order valence-electron chi connectivity index (χ1n) is 7.27. The van der Waals surface area contributed by atoms with Crippen LogP contribution in [0.1, 0.15) is 16.7 Å². The van der Waals surface area contributed by atoms with Gasteiger partial charge in [-0.1, -0.05) is 23.8 Å². The topological polar surface area (TPSA) is 38.3 Å². The third-order valence-corrected chi connectivity index (χ3v) is 4.96. The minimum atomic E-state index is -0.00817. The highest BCUT2D eigenvalue weighted by Gasteiger charge is 2.08. The Morgan fingerprint density at radius 1 is 1.17 bits per heavy atom. The van der Waals surface area contributed by atoms with Crippen LogP contribution in [0, 0.1) is 13.8 Å². The van der Waals surface area contributed by atoms with E-state index in [4.69, 9.17) is 4.74 Å². The normalized spacial score (nSPS) is 10.4. The molecule has 0 aliphatic heterocycles. The van der Waals surface area contributed by atoms with E-state index in [1.807, 2.05) is 37.3 Å². The number of benzene rings is 2. The molecule has 0 heterocycles. The number of rotatable bonds is 6. The Bertz CT molecular complexity index is 703. The zero-order valence-corrected chi connectivity index (χ0v) is 15.9. The number of carbonyl (C=O) groups excluding carboxylic acids is 1. The van der Waals surface area contributed by atoms with Gasteiger partial charge in [0.2, 0.25) is 5.91 Å². The summed E-state index contributed by atoms with van der Waals surface area (Å²) in [5.41, 5.74) is 4.25. The van der Waals surface area contributed by atoms with Crippen LogP contribution in [0.2, 0.25) is 0 Å². The minimum Gasteiger partial charge on any atom is -0.496 e. The lowest BCUT2D eigenvalue weighted by Crippen LogP contribution is -2.14. The van der Waals surface area contributed by atoms with E-state index in [1.54, 1.807) is 18.9 Å². The van der Waals surface area contributed by atoms with Crippen LogP contribution in [-0.2, 0) is 10.5 Å². The van der Waals surface area contributed by atoms with Gasteiger partial charge in [-0.05, 0) is 53.5 Å². The maximum Gasteiger partial charge on any atom is 0.234 e. The van der Waals surface area contributed by atoms with Crippen molar-refractivity contribution in [1.82, 2.24) is 0 Å². The van der Waals surface area contributed by atoms with Gasteiger partial charge in [0.15, 0.2) is 0 Å². The van der Waals surface area contributed by atoms with Gasteiger partial charge in [-0.2, -0.15) is 0 Å². The summed E-state index contributed by atoms with van der Waals surface area (Å²) in [6.45, 7) is 4.07. The number of nitrogens with one attached hydrogen (secondary N) is 1. The lowest BCUT2D eigenvalue weighted by atomic mass is 10.1. The smallest absolute Gasteiger partial charge is 0.234 e. The highest BCUT2D eigenvalue weighted by molar-refractivity contribution is 9.10. The van der Waals surface area contributed by atoms with Gasteiger partial charge in [0.1, 0.15) is 5.75 Å². The second-order valence-electron chi connectivity index (χ2n) is 5.34. The fourth-order valence-corrected chi connectivity index (χ4v) is 3.58. The minimum absolute atomic E-state index is 0.00817. The van der Waals surface area contributed by atoms with Gasteiger partial charge in [-0.25, -0.2) is 0 Å². The Hall–Kier alpha value is -1.46. The number of amides is 1. The third-order valence-electron chi connectivity index (χ3n) is 3.33. The maximum absolute atomic E-state index is 12.1. The third kappa shape index (κ3) is 5.29. The van der Waals surface area contributed by atoms with Crippen LogP contribution in [-0.4, -0.2) is 18.8 Å². The summed E-state index contributed by atoms with van der Waals surface area (Å²) in [5.74, 6) is 2.00. The zero-order valence-electron chi connectivity index (χ0n) is 13.5. The summed E-state index contributed by atoms with van der Waals surface area (Å²) in [6.07, 6.45) is 0. The van der Waals surface area contributed by atoms with E-state index in [0.29, 0.717) is 5.75 Å². The summed E-state index contributed by atoms with van der Waals surface area (Å²) in [6, 6.07) is 12.0. The summed E-state index contributed by atoms with van der Waals surface area (Å²) in [5, 5.41) is 2.93. The predicted molar refractivity (Wildman–Crippen MR) is 101 cm³/mol. The molecule has 0 fully saturated rings. The van der Waals surface area contributed by atoms with Crippen LogP contribution in [0.5, 0.6) is 5.75 Å². The summed E-state index contributed by atoms with van der Waals surface area (Å²) in [4.78, 5) is 12.1. The quantitative estimate of drug-likeness (QED) is 0.754.